The van der Waals surface area contributed by atoms with Crippen LogP contribution in [0.15, 0.2) is 42.5 Å². The number of benzene rings is 2. The molecule has 1 aromatic heterocycles. The number of hydrogen-bond donors (Lipinski definition) is 1. The van der Waals surface area contributed by atoms with E-state index in [2.05, 4.69) is 15.4 Å². The molecule has 0 atom stereocenters. The summed E-state index contributed by atoms with van der Waals surface area (Å²) in [5.41, 5.74) is 4.28. The monoisotopic (exact) mass is 532 g/mol. The van der Waals surface area contributed by atoms with Gasteiger partial charge in [0, 0.05) is 35.8 Å². The fourth-order valence-electron chi connectivity index (χ4n) is 5.72. The molecule has 198 valence electrons. The number of fused-ring (bicyclic) bond motifs is 1. The number of carbonyl (C=O) groups is 1. The maximum absolute atomic E-state index is 13.2. The predicted molar refractivity (Wildman–Crippen MR) is 146 cm³/mol. The number of carbonyl (C=O) groups excluding carboxylic acids is 1. The first kappa shape index (κ1) is 25.0. The molecule has 0 unspecified atom stereocenters. The maximum Gasteiger partial charge on any atom is 0.254 e. The molecule has 1 saturated heterocycles. The van der Waals surface area contributed by atoms with E-state index in [4.69, 9.17) is 4.74 Å². The fourth-order valence-corrected chi connectivity index (χ4v) is 7.41. The van der Waals surface area contributed by atoms with Crippen LogP contribution in [0.4, 0.5) is 5.69 Å². The third kappa shape index (κ3) is 4.07. The van der Waals surface area contributed by atoms with E-state index in [9.17, 15) is 18.5 Å². The van der Waals surface area contributed by atoms with Crippen LogP contribution in [0.1, 0.15) is 67.4 Å². The van der Waals surface area contributed by atoms with Crippen molar-refractivity contribution in [2.24, 2.45) is 0 Å². The van der Waals surface area contributed by atoms with Crippen molar-refractivity contribution >= 4 is 32.5 Å². The molecule has 2 heterocycles. The topological polar surface area (TPSA) is 104 Å². The van der Waals surface area contributed by atoms with Gasteiger partial charge in [-0.2, -0.15) is 5.26 Å². The summed E-state index contributed by atoms with van der Waals surface area (Å²) in [6, 6.07) is 15.6. The number of morpholine rings is 1. The summed E-state index contributed by atoms with van der Waals surface area (Å²) in [7, 11) is -3.45. The Morgan fingerprint density at radius 1 is 1.13 bits per heavy atom. The molecular formula is C29H32N4O4S. The van der Waals surface area contributed by atoms with Crippen molar-refractivity contribution in [3.05, 3.63) is 53.6 Å². The lowest BCUT2D eigenvalue weighted by Crippen LogP contribution is -2.40. The minimum absolute atomic E-state index is 0.0197. The number of aromatic nitrogens is 1. The Hall–Kier alpha value is -3.35. The first-order chi connectivity index (χ1) is 18.4. The van der Waals surface area contributed by atoms with Crippen molar-refractivity contribution in [2.75, 3.05) is 31.0 Å². The lowest BCUT2D eigenvalue weighted by atomic mass is 9.92. The Bertz CT molecular complexity index is 1540. The van der Waals surface area contributed by atoms with Gasteiger partial charge in [0.15, 0.2) is 0 Å². The second-order valence-electron chi connectivity index (χ2n) is 10.6. The van der Waals surface area contributed by atoms with Gasteiger partial charge in [-0.25, -0.2) is 8.42 Å². The van der Waals surface area contributed by atoms with Crippen molar-refractivity contribution in [3.63, 3.8) is 0 Å². The zero-order valence-electron chi connectivity index (χ0n) is 21.6. The van der Waals surface area contributed by atoms with Crippen LogP contribution in [-0.2, 0) is 14.8 Å². The van der Waals surface area contributed by atoms with Gasteiger partial charge in [0.25, 0.3) is 5.91 Å². The third-order valence-corrected chi connectivity index (χ3v) is 10.9. The number of anilines is 1. The van der Waals surface area contributed by atoms with E-state index in [1.165, 1.54) is 0 Å². The summed E-state index contributed by atoms with van der Waals surface area (Å²) >= 11 is 0. The van der Waals surface area contributed by atoms with Crippen LogP contribution in [0.5, 0.6) is 0 Å². The standard InChI is InChI=1S/C29H32N4O4S/c1-2-29(12-13-29)38(35,36)31-22-9-6-20(7-10-22)27-25(19-30)24-11-8-21(28(34)32-14-16-37-17-15-32)18-26(24)33(27)23-4-3-5-23/h6-11,18,23,31H,2-5,12-17H2,1H3. The van der Waals surface area contributed by atoms with Crippen molar-refractivity contribution < 1.29 is 17.9 Å². The summed E-state index contributed by atoms with van der Waals surface area (Å²) in [6.45, 7) is 4.15. The number of nitrogens with one attached hydrogen (secondary N) is 1. The molecule has 2 saturated carbocycles. The molecule has 6 rings (SSSR count). The van der Waals surface area contributed by atoms with Gasteiger partial charge in [-0.05, 0) is 68.4 Å². The van der Waals surface area contributed by atoms with E-state index < -0.39 is 14.8 Å². The highest BCUT2D eigenvalue weighted by atomic mass is 32.2. The zero-order chi connectivity index (χ0) is 26.5. The first-order valence-corrected chi connectivity index (χ1v) is 14.9. The van der Waals surface area contributed by atoms with E-state index in [0.29, 0.717) is 62.4 Å². The molecule has 0 bridgehead atoms. The molecule has 1 amide bonds. The van der Waals surface area contributed by atoms with E-state index in [1.54, 1.807) is 12.1 Å². The second-order valence-corrected chi connectivity index (χ2v) is 12.7. The highest BCUT2D eigenvalue weighted by Gasteiger charge is 2.53. The number of rotatable bonds is 7. The normalized spacial score (nSPS) is 19.1. The summed E-state index contributed by atoms with van der Waals surface area (Å²) in [5, 5.41) is 11.1. The number of amides is 1. The molecule has 38 heavy (non-hydrogen) atoms. The molecule has 9 heteroatoms. The molecule has 1 N–H and O–H groups in total. The summed E-state index contributed by atoms with van der Waals surface area (Å²) in [4.78, 5) is 15.0. The van der Waals surface area contributed by atoms with E-state index in [0.717, 1.165) is 41.4 Å². The van der Waals surface area contributed by atoms with E-state index in [1.807, 2.05) is 42.2 Å². The van der Waals surface area contributed by atoms with Crippen molar-refractivity contribution in [1.29, 1.82) is 5.26 Å². The molecule has 3 fully saturated rings. The lowest BCUT2D eigenvalue weighted by molar-refractivity contribution is 0.0303. The Morgan fingerprint density at radius 3 is 2.42 bits per heavy atom. The summed E-state index contributed by atoms with van der Waals surface area (Å²) in [5.74, 6) is -0.0197. The van der Waals surface area contributed by atoms with Gasteiger partial charge in [0.2, 0.25) is 10.0 Å². The number of nitrogens with zero attached hydrogens (tertiary/aromatic N) is 3. The van der Waals surface area contributed by atoms with Gasteiger partial charge in [-0.15, -0.1) is 0 Å². The summed E-state index contributed by atoms with van der Waals surface area (Å²) < 4.78 is 35.5. The zero-order valence-corrected chi connectivity index (χ0v) is 22.4. The molecular weight excluding hydrogens is 500 g/mol. The van der Waals surface area contributed by atoms with Gasteiger partial charge in [0.05, 0.1) is 34.7 Å². The molecule has 8 nitrogen and oxygen atoms in total. The highest BCUT2D eigenvalue weighted by molar-refractivity contribution is 7.94. The molecule has 1 aliphatic heterocycles. The lowest BCUT2D eigenvalue weighted by Gasteiger charge is -2.30. The third-order valence-electron chi connectivity index (χ3n) is 8.53. The number of ether oxygens (including phenoxy) is 1. The van der Waals surface area contributed by atoms with Gasteiger partial charge in [-0.3, -0.25) is 9.52 Å². The molecule has 0 radical (unpaired) electrons. The quantitative estimate of drug-likeness (QED) is 0.458. The van der Waals surface area contributed by atoms with Gasteiger partial charge < -0.3 is 14.2 Å². The van der Waals surface area contributed by atoms with Crippen molar-refractivity contribution in [2.45, 2.75) is 56.2 Å². The average molecular weight is 533 g/mol. The van der Waals surface area contributed by atoms with Crippen LogP contribution in [0, 0.1) is 11.3 Å². The van der Waals surface area contributed by atoms with Crippen LogP contribution in [0.3, 0.4) is 0 Å². The van der Waals surface area contributed by atoms with Crippen LogP contribution < -0.4 is 4.72 Å². The Kier molecular flexibility index (Phi) is 6.20. The largest absolute Gasteiger partial charge is 0.378 e. The Labute approximate surface area is 223 Å². The smallest absolute Gasteiger partial charge is 0.254 e. The number of hydrogen-bond acceptors (Lipinski definition) is 5. The number of nitriles is 1. The van der Waals surface area contributed by atoms with Gasteiger partial charge >= 0.3 is 0 Å². The molecule has 2 aromatic carbocycles. The van der Waals surface area contributed by atoms with Crippen LogP contribution in [0.25, 0.3) is 22.2 Å². The fraction of sp³-hybridized carbons (Fsp3) is 0.448. The van der Waals surface area contributed by atoms with Crippen LogP contribution in [-0.4, -0.2) is 54.8 Å². The summed E-state index contributed by atoms with van der Waals surface area (Å²) in [6.07, 6.45) is 5.14. The minimum Gasteiger partial charge on any atom is -0.378 e. The van der Waals surface area contributed by atoms with Crippen molar-refractivity contribution in [1.82, 2.24) is 9.47 Å². The SMILES string of the molecule is CCC1(S(=O)(=O)Nc2ccc(-c3c(C#N)c4ccc(C(=O)N5CCOCC5)cc4n3C3CCC3)cc2)CC1. The van der Waals surface area contributed by atoms with Gasteiger partial charge in [0.1, 0.15) is 6.07 Å². The molecule has 2 aliphatic carbocycles. The molecule has 0 spiro atoms. The predicted octanol–water partition coefficient (Wildman–Crippen LogP) is 5.06. The molecule has 3 aromatic rings. The van der Waals surface area contributed by atoms with Crippen LogP contribution in [0.2, 0.25) is 0 Å². The van der Waals surface area contributed by atoms with Crippen molar-refractivity contribution in [3.8, 4) is 17.3 Å². The van der Waals surface area contributed by atoms with E-state index in [-0.39, 0.29) is 11.9 Å². The van der Waals surface area contributed by atoms with Crippen LogP contribution >= 0.6 is 0 Å². The van der Waals surface area contributed by atoms with E-state index >= 15 is 0 Å². The molecule has 3 aliphatic rings. The first-order valence-electron chi connectivity index (χ1n) is 13.5. The van der Waals surface area contributed by atoms with Gasteiger partial charge in [-0.1, -0.05) is 25.1 Å². The average Bonchev–Trinajstić information content (AvgIpc) is 3.67. The number of sulfonamides is 1. The minimum atomic E-state index is -3.45. The highest BCUT2D eigenvalue weighted by Crippen LogP contribution is 2.47. The Morgan fingerprint density at radius 2 is 1.84 bits per heavy atom. The maximum atomic E-state index is 13.2. The Balaban J connectivity index is 1.40. The second kappa shape index (κ2) is 9.44.